The molecule has 2 amide bonds. The Kier molecular flexibility index (Phi) is 6.51. The van der Waals surface area contributed by atoms with Crippen molar-refractivity contribution in [2.24, 2.45) is 10.1 Å². The number of para-hydroxylation sites is 1. The zero-order valence-electron chi connectivity index (χ0n) is 19.6. The van der Waals surface area contributed by atoms with Crippen molar-refractivity contribution in [2.45, 2.75) is 38.0 Å². The lowest BCUT2D eigenvalue weighted by atomic mass is 9.97. The van der Waals surface area contributed by atoms with Gasteiger partial charge in [-0.2, -0.15) is 10.1 Å². The fourth-order valence-electron chi connectivity index (χ4n) is 4.16. The molecule has 0 bridgehead atoms. The number of thioether (sulfide) groups is 1. The van der Waals surface area contributed by atoms with Gasteiger partial charge in [0.2, 0.25) is 5.91 Å². The first kappa shape index (κ1) is 23.1. The zero-order valence-corrected chi connectivity index (χ0v) is 20.5. The summed E-state index contributed by atoms with van der Waals surface area (Å²) in [6, 6.07) is 25.9. The van der Waals surface area contributed by atoms with E-state index < -0.39 is 5.25 Å². The van der Waals surface area contributed by atoms with Crippen molar-refractivity contribution in [3.8, 4) is 0 Å². The minimum atomic E-state index is -0.564. The van der Waals surface area contributed by atoms with Crippen LogP contribution in [0.2, 0.25) is 0 Å². The number of aryl methyl sites for hydroxylation is 2. The lowest BCUT2D eigenvalue weighted by Crippen LogP contribution is -2.25. The smallest absolute Gasteiger partial charge is 0.262 e. The molecule has 0 saturated carbocycles. The van der Waals surface area contributed by atoms with E-state index in [1.165, 1.54) is 22.9 Å². The van der Waals surface area contributed by atoms with Gasteiger partial charge in [-0.15, -0.1) is 0 Å². The second-order valence-corrected chi connectivity index (χ2v) is 10.0. The Bertz CT molecular complexity index is 1300. The summed E-state index contributed by atoms with van der Waals surface area (Å²) >= 11 is 1.31. The average Bonchev–Trinajstić information content (AvgIpc) is 3.45. The molecule has 0 saturated heterocycles. The number of hydrazone groups is 1. The number of nitrogens with zero attached hydrogens (tertiary/aromatic N) is 3. The van der Waals surface area contributed by atoms with E-state index in [0.717, 1.165) is 16.8 Å². The van der Waals surface area contributed by atoms with Gasteiger partial charge in [-0.25, -0.2) is 5.01 Å². The van der Waals surface area contributed by atoms with E-state index in [-0.39, 0.29) is 24.3 Å². The van der Waals surface area contributed by atoms with E-state index in [0.29, 0.717) is 17.3 Å². The van der Waals surface area contributed by atoms with E-state index >= 15 is 0 Å². The second-order valence-electron chi connectivity index (χ2n) is 8.85. The lowest BCUT2D eigenvalue weighted by molar-refractivity contribution is -0.121. The van der Waals surface area contributed by atoms with E-state index in [1.54, 1.807) is 0 Å². The fraction of sp³-hybridized carbons (Fsp3) is 0.214. The Morgan fingerprint density at radius 3 is 2.31 bits per heavy atom. The van der Waals surface area contributed by atoms with Crippen molar-refractivity contribution >= 4 is 40.1 Å². The average molecular weight is 483 g/mol. The molecular formula is C28H26N4O2S. The summed E-state index contributed by atoms with van der Waals surface area (Å²) in [7, 11) is 0. The quantitative estimate of drug-likeness (QED) is 0.523. The van der Waals surface area contributed by atoms with Crippen molar-refractivity contribution in [3.63, 3.8) is 0 Å². The van der Waals surface area contributed by atoms with Gasteiger partial charge in [0.1, 0.15) is 5.25 Å². The first-order chi connectivity index (χ1) is 17.0. The van der Waals surface area contributed by atoms with E-state index in [2.05, 4.69) is 72.7 Å². The summed E-state index contributed by atoms with van der Waals surface area (Å²) in [6.07, 6.45) is 0.766. The molecule has 0 aliphatic carbocycles. The van der Waals surface area contributed by atoms with Crippen molar-refractivity contribution in [3.05, 3.63) is 101 Å². The van der Waals surface area contributed by atoms with Gasteiger partial charge in [0, 0.05) is 18.5 Å². The van der Waals surface area contributed by atoms with Crippen LogP contribution in [0.25, 0.3) is 0 Å². The van der Waals surface area contributed by atoms with E-state index in [1.807, 2.05) is 35.3 Å². The maximum Gasteiger partial charge on any atom is 0.262 e. The topological polar surface area (TPSA) is 74.1 Å². The molecule has 176 valence electrons. The van der Waals surface area contributed by atoms with Crippen LogP contribution < -0.4 is 5.32 Å². The molecule has 0 spiro atoms. The molecular weight excluding hydrogens is 456 g/mol. The van der Waals surface area contributed by atoms with Gasteiger partial charge in [-0.1, -0.05) is 89.6 Å². The Morgan fingerprint density at radius 1 is 0.971 bits per heavy atom. The molecule has 2 aliphatic rings. The highest BCUT2D eigenvalue weighted by Gasteiger charge is 2.39. The summed E-state index contributed by atoms with van der Waals surface area (Å²) in [5.74, 6) is -0.506. The highest BCUT2D eigenvalue weighted by atomic mass is 32.2. The van der Waals surface area contributed by atoms with Gasteiger partial charge in [0.25, 0.3) is 5.91 Å². The van der Waals surface area contributed by atoms with Gasteiger partial charge in [-0.3, -0.25) is 9.59 Å². The lowest BCUT2D eigenvalue weighted by Gasteiger charge is -2.23. The van der Waals surface area contributed by atoms with E-state index in [4.69, 9.17) is 5.10 Å². The number of rotatable bonds is 5. The van der Waals surface area contributed by atoms with Crippen LogP contribution in [0.1, 0.15) is 41.1 Å². The zero-order chi connectivity index (χ0) is 24.4. The molecule has 3 aromatic carbocycles. The van der Waals surface area contributed by atoms with Crippen molar-refractivity contribution in [1.82, 2.24) is 5.01 Å². The number of amidine groups is 1. The van der Waals surface area contributed by atoms with Crippen LogP contribution in [-0.4, -0.2) is 33.0 Å². The van der Waals surface area contributed by atoms with Gasteiger partial charge in [0.15, 0.2) is 5.17 Å². The summed E-state index contributed by atoms with van der Waals surface area (Å²) < 4.78 is 0. The van der Waals surface area contributed by atoms with Crippen LogP contribution in [0.4, 0.5) is 5.69 Å². The SMILES string of the molecule is Cc1ccc(C2=NN(C3=NC(=O)[C@@H](CC(=O)Nc4ccccc4)S3)[C@@H](c3ccc(C)cc3)C2)cc1. The molecule has 1 N–H and O–H groups in total. The Hall–Kier alpha value is -3.71. The van der Waals surface area contributed by atoms with Crippen LogP contribution in [0.15, 0.2) is 89.0 Å². The maximum absolute atomic E-state index is 12.7. The monoisotopic (exact) mass is 482 g/mol. The van der Waals surface area contributed by atoms with Gasteiger partial charge >= 0.3 is 0 Å². The molecule has 7 heteroatoms. The number of nitrogens with one attached hydrogen (secondary N) is 1. The number of hydrogen-bond donors (Lipinski definition) is 1. The van der Waals surface area contributed by atoms with Gasteiger partial charge in [0.05, 0.1) is 11.8 Å². The van der Waals surface area contributed by atoms with Crippen LogP contribution in [0.3, 0.4) is 0 Å². The number of carbonyl (C=O) groups is 2. The molecule has 35 heavy (non-hydrogen) atoms. The Balaban J connectivity index is 1.36. The van der Waals surface area contributed by atoms with Crippen LogP contribution in [0.5, 0.6) is 0 Å². The third-order valence-corrected chi connectivity index (χ3v) is 7.25. The number of carbonyl (C=O) groups excluding carboxylic acids is 2. The van der Waals surface area contributed by atoms with Crippen molar-refractivity contribution in [1.29, 1.82) is 0 Å². The van der Waals surface area contributed by atoms with Crippen molar-refractivity contribution < 1.29 is 9.59 Å². The van der Waals surface area contributed by atoms with Gasteiger partial charge in [-0.05, 0) is 37.1 Å². The fourth-order valence-corrected chi connectivity index (χ4v) is 5.22. The number of amides is 2. The highest BCUT2D eigenvalue weighted by Crippen LogP contribution is 2.38. The minimum absolute atomic E-state index is 0.0585. The normalized spacial score (nSPS) is 19.5. The maximum atomic E-state index is 12.7. The summed E-state index contributed by atoms with van der Waals surface area (Å²) in [6.45, 7) is 4.12. The molecule has 3 aromatic rings. The predicted molar refractivity (Wildman–Crippen MR) is 142 cm³/mol. The summed E-state index contributed by atoms with van der Waals surface area (Å²) in [5, 5.41) is 9.60. The first-order valence-corrected chi connectivity index (χ1v) is 12.5. The van der Waals surface area contributed by atoms with Crippen molar-refractivity contribution in [2.75, 3.05) is 5.32 Å². The number of anilines is 1. The number of aliphatic imine (C=N–C) groups is 1. The van der Waals surface area contributed by atoms with E-state index in [9.17, 15) is 9.59 Å². The third-order valence-electron chi connectivity index (χ3n) is 6.11. The molecule has 0 radical (unpaired) electrons. The van der Waals surface area contributed by atoms with Crippen LogP contribution >= 0.6 is 11.8 Å². The predicted octanol–water partition coefficient (Wildman–Crippen LogP) is 5.48. The molecule has 2 heterocycles. The molecule has 5 rings (SSSR count). The standard InChI is InChI=1S/C28H26N4O2S/c1-18-8-12-20(13-9-18)23-16-24(21-14-10-19(2)11-15-21)32(31-23)28-30-27(34)25(35-28)17-26(33)29-22-6-4-3-5-7-22/h3-15,24-25H,16-17H2,1-2H3,(H,29,33)/t24-,25-/m1/s1. The first-order valence-electron chi connectivity index (χ1n) is 11.6. The molecule has 2 aliphatic heterocycles. The molecule has 0 unspecified atom stereocenters. The molecule has 2 atom stereocenters. The van der Waals surface area contributed by atoms with Crippen LogP contribution in [-0.2, 0) is 9.59 Å². The largest absolute Gasteiger partial charge is 0.326 e. The van der Waals surface area contributed by atoms with Crippen LogP contribution in [0, 0.1) is 13.8 Å². The molecule has 6 nitrogen and oxygen atoms in total. The molecule has 0 aromatic heterocycles. The van der Waals surface area contributed by atoms with Gasteiger partial charge < -0.3 is 5.32 Å². The highest BCUT2D eigenvalue weighted by molar-refractivity contribution is 8.15. The second kappa shape index (κ2) is 9.88. The summed E-state index contributed by atoms with van der Waals surface area (Å²) in [4.78, 5) is 29.6. The number of benzene rings is 3. The Labute approximate surface area is 209 Å². The minimum Gasteiger partial charge on any atom is -0.326 e. The molecule has 0 fully saturated rings. The number of hydrogen-bond acceptors (Lipinski definition) is 5. The summed E-state index contributed by atoms with van der Waals surface area (Å²) in [5.41, 5.74) is 6.21. The third kappa shape index (κ3) is 5.20. The Morgan fingerprint density at radius 2 is 1.63 bits per heavy atom.